The molecule has 1 amide bonds. The third kappa shape index (κ3) is 4.45. The summed E-state index contributed by atoms with van der Waals surface area (Å²) in [6.45, 7) is 5.82. The van der Waals surface area contributed by atoms with Gasteiger partial charge in [-0.25, -0.2) is 4.98 Å². The Morgan fingerprint density at radius 1 is 1.54 bits per heavy atom. The quantitative estimate of drug-likeness (QED) is 0.773. The van der Waals surface area contributed by atoms with Crippen LogP contribution in [0, 0.1) is 12.8 Å². The number of hydrogen-bond acceptors (Lipinski definition) is 5. The largest absolute Gasteiger partial charge is 0.472 e. The van der Waals surface area contributed by atoms with Gasteiger partial charge in [-0.1, -0.05) is 0 Å². The SMILES string of the molecule is Cc1ncsc1CN(C)C[C@H]1CCN(C(=O)CCc2ccoc2)C1. The molecule has 0 N–H and O–H groups in total. The van der Waals surface area contributed by atoms with Gasteiger partial charge in [0, 0.05) is 37.5 Å². The topological polar surface area (TPSA) is 49.6 Å². The summed E-state index contributed by atoms with van der Waals surface area (Å²) < 4.78 is 5.05. The van der Waals surface area contributed by atoms with Crippen molar-refractivity contribution in [2.45, 2.75) is 32.7 Å². The second-order valence-electron chi connectivity index (χ2n) is 6.68. The number of carbonyl (C=O) groups is 1. The molecule has 1 saturated heterocycles. The molecule has 0 saturated carbocycles. The predicted octanol–water partition coefficient (Wildman–Crippen LogP) is 2.96. The lowest BCUT2D eigenvalue weighted by molar-refractivity contribution is -0.130. The fourth-order valence-corrected chi connectivity index (χ4v) is 4.14. The van der Waals surface area contributed by atoms with Crippen LogP contribution >= 0.6 is 11.3 Å². The summed E-state index contributed by atoms with van der Waals surface area (Å²) in [5, 5.41) is 0. The van der Waals surface area contributed by atoms with Crippen molar-refractivity contribution in [3.05, 3.63) is 40.2 Å². The molecule has 3 heterocycles. The van der Waals surface area contributed by atoms with Crippen LogP contribution in [0.25, 0.3) is 0 Å². The summed E-state index contributed by atoms with van der Waals surface area (Å²) in [4.78, 5) is 22.4. The second kappa shape index (κ2) is 7.94. The van der Waals surface area contributed by atoms with Crippen LogP contribution in [0.1, 0.15) is 29.0 Å². The van der Waals surface area contributed by atoms with Crippen molar-refractivity contribution in [3.8, 4) is 0 Å². The molecule has 1 aliphatic rings. The lowest BCUT2D eigenvalue weighted by Crippen LogP contribution is -2.31. The first-order valence-electron chi connectivity index (χ1n) is 8.48. The molecule has 1 fully saturated rings. The third-order valence-electron chi connectivity index (χ3n) is 4.67. The Bertz CT molecular complexity index is 653. The fourth-order valence-electron chi connectivity index (χ4n) is 3.28. The summed E-state index contributed by atoms with van der Waals surface area (Å²) in [5.41, 5.74) is 4.14. The number of likely N-dealkylation sites (tertiary alicyclic amines) is 1. The van der Waals surface area contributed by atoms with Crippen molar-refractivity contribution < 1.29 is 9.21 Å². The van der Waals surface area contributed by atoms with Crippen LogP contribution in [0.15, 0.2) is 28.5 Å². The summed E-state index contributed by atoms with van der Waals surface area (Å²) >= 11 is 1.72. The van der Waals surface area contributed by atoms with E-state index in [1.165, 1.54) is 4.88 Å². The maximum Gasteiger partial charge on any atom is 0.222 e. The normalized spacial score (nSPS) is 17.8. The van der Waals surface area contributed by atoms with E-state index in [9.17, 15) is 4.79 Å². The Labute approximate surface area is 147 Å². The van der Waals surface area contributed by atoms with E-state index in [0.29, 0.717) is 12.3 Å². The van der Waals surface area contributed by atoms with Crippen molar-refractivity contribution >= 4 is 17.2 Å². The zero-order valence-corrected chi connectivity index (χ0v) is 15.2. The molecule has 0 unspecified atom stereocenters. The van der Waals surface area contributed by atoms with E-state index in [-0.39, 0.29) is 5.91 Å². The van der Waals surface area contributed by atoms with E-state index < -0.39 is 0 Å². The Balaban J connectivity index is 1.41. The molecule has 1 atom stereocenters. The van der Waals surface area contributed by atoms with E-state index >= 15 is 0 Å². The van der Waals surface area contributed by atoms with Crippen LogP contribution < -0.4 is 0 Å². The number of furan rings is 1. The Morgan fingerprint density at radius 3 is 3.12 bits per heavy atom. The van der Waals surface area contributed by atoms with Gasteiger partial charge in [-0.05, 0) is 44.4 Å². The molecule has 24 heavy (non-hydrogen) atoms. The number of aromatic nitrogens is 1. The van der Waals surface area contributed by atoms with E-state index in [4.69, 9.17) is 4.42 Å². The average Bonchev–Trinajstić information content (AvgIpc) is 3.28. The number of aryl methyl sites for hydroxylation is 2. The summed E-state index contributed by atoms with van der Waals surface area (Å²) in [5.74, 6) is 0.834. The molecular formula is C18H25N3O2S. The lowest BCUT2D eigenvalue weighted by Gasteiger charge is -2.21. The van der Waals surface area contributed by atoms with Gasteiger partial charge in [-0.3, -0.25) is 4.79 Å². The monoisotopic (exact) mass is 347 g/mol. The molecule has 3 rings (SSSR count). The van der Waals surface area contributed by atoms with Gasteiger partial charge in [0.1, 0.15) is 0 Å². The van der Waals surface area contributed by atoms with Crippen molar-refractivity contribution in [1.29, 1.82) is 0 Å². The maximum atomic E-state index is 12.3. The second-order valence-corrected chi connectivity index (χ2v) is 7.62. The highest BCUT2D eigenvalue weighted by atomic mass is 32.1. The Morgan fingerprint density at radius 2 is 2.42 bits per heavy atom. The Kier molecular flexibility index (Phi) is 5.68. The number of thiazole rings is 1. The van der Waals surface area contributed by atoms with Gasteiger partial charge in [0.2, 0.25) is 5.91 Å². The van der Waals surface area contributed by atoms with Crippen LogP contribution in [0.3, 0.4) is 0 Å². The van der Waals surface area contributed by atoms with Gasteiger partial charge < -0.3 is 14.2 Å². The molecule has 0 spiro atoms. The zero-order valence-electron chi connectivity index (χ0n) is 14.4. The van der Waals surface area contributed by atoms with Crippen molar-refractivity contribution in [1.82, 2.24) is 14.8 Å². The van der Waals surface area contributed by atoms with Gasteiger partial charge in [-0.2, -0.15) is 0 Å². The minimum atomic E-state index is 0.264. The van der Waals surface area contributed by atoms with Crippen molar-refractivity contribution in [2.24, 2.45) is 5.92 Å². The van der Waals surface area contributed by atoms with Gasteiger partial charge in [0.15, 0.2) is 0 Å². The highest BCUT2D eigenvalue weighted by Gasteiger charge is 2.26. The molecule has 6 heteroatoms. The number of hydrogen-bond donors (Lipinski definition) is 0. The first-order valence-corrected chi connectivity index (χ1v) is 9.36. The minimum absolute atomic E-state index is 0.264. The van der Waals surface area contributed by atoms with Crippen LogP contribution in [0.2, 0.25) is 0 Å². The van der Waals surface area contributed by atoms with Crippen LogP contribution in [-0.4, -0.2) is 47.4 Å². The van der Waals surface area contributed by atoms with Gasteiger partial charge in [-0.15, -0.1) is 11.3 Å². The van der Waals surface area contributed by atoms with Crippen molar-refractivity contribution in [3.63, 3.8) is 0 Å². The molecule has 2 aromatic rings. The lowest BCUT2D eigenvalue weighted by atomic mass is 10.1. The van der Waals surface area contributed by atoms with Gasteiger partial charge >= 0.3 is 0 Å². The predicted molar refractivity (Wildman–Crippen MR) is 94.9 cm³/mol. The van der Waals surface area contributed by atoms with Crippen LogP contribution in [0.4, 0.5) is 0 Å². The molecule has 130 valence electrons. The number of rotatable bonds is 7. The first-order chi connectivity index (χ1) is 11.6. The van der Waals surface area contributed by atoms with Gasteiger partial charge in [0.25, 0.3) is 0 Å². The number of nitrogens with zero attached hydrogens (tertiary/aromatic N) is 3. The molecule has 1 aliphatic heterocycles. The molecule has 2 aromatic heterocycles. The van der Waals surface area contributed by atoms with Crippen LogP contribution in [0.5, 0.6) is 0 Å². The molecular weight excluding hydrogens is 322 g/mol. The van der Waals surface area contributed by atoms with E-state index in [1.54, 1.807) is 23.9 Å². The third-order valence-corrected chi connectivity index (χ3v) is 5.59. The first kappa shape index (κ1) is 17.2. The number of carbonyl (C=O) groups excluding carboxylic acids is 1. The summed E-state index contributed by atoms with van der Waals surface area (Å²) in [7, 11) is 2.16. The molecule has 0 aliphatic carbocycles. The molecule has 0 aromatic carbocycles. The van der Waals surface area contributed by atoms with Crippen LogP contribution in [-0.2, 0) is 17.8 Å². The maximum absolute atomic E-state index is 12.3. The molecule has 5 nitrogen and oxygen atoms in total. The minimum Gasteiger partial charge on any atom is -0.472 e. The van der Waals surface area contributed by atoms with E-state index in [2.05, 4.69) is 23.9 Å². The number of amides is 1. The summed E-state index contributed by atoms with van der Waals surface area (Å²) in [6.07, 6.45) is 5.81. The van der Waals surface area contributed by atoms with Crippen molar-refractivity contribution in [2.75, 3.05) is 26.7 Å². The smallest absolute Gasteiger partial charge is 0.222 e. The van der Waals surface area contributed by atoms with Gasteiger partial charge in [0.05, 0.1) is 23.7 Å². The highest BCUT2D eigenvalue weighted by Crippen LogP contribution is 2.21. The fraction of sp³-hybridized carbons (Fsp3) is 0.556. The highest BCUT2D eigenvalue weighted by molar-refractivity contribution is 7.09. The van der Waals surface area contributed by atoms with E-state index in [1.807, 2.05) is 16.5 Å². The van der Waals surface area contributed by atoms with E-state index in [0.717, 1.165) is 50.3 Å². The molecule has 0 radical (unpaired) electrons. The summed E-state index contributed by atoms with van der Waals surface area (Å²) in [6, 6.07) is 1.93. The Hall–Kier alpha value is -1.66. The average molecular weight is 347 g/mol. The standard InChI is InChI=1S/C18H25N3O2S/c1-14-17(24-13-19-14)11-20(2)9-16-5-7-21(10-16)18(22)4-3-15-6-8-23-12-15/h6,8,12-13,16H,3-5,7,9-11H2,1-2H3/t16-/m1/s1. The zero-order chi connectivity index (χ0) is 16.9. The molecule has 0 bridgehead atoms.